The number of nitrogens with zero attached hydrogens (tertiary/aromatic N) is 1. The van der Waals surface area contributed by atoms with Gasteiger partial charge in [0.15, 0.2) is 5.78 Å². The average molecular weight is 192 g/mol. The minimum absolute atomic E-state index is 0.0891. The first-order chi connectivity index (χ1) is 6.56. The Morgan fingerprint density at radius 3 is 2.57 bits per heavy atom. The normalized spacial score (nSPS) is 9.93. The smallest absolute Gasteiger partial charge is 0.164 e. The van der Waals surface area contributed by atoms with E-state index in [4.69, 9.17) is 5.73 Å². The van der Waals surface area contributed by atoms with Gasteiger partial charge in [-0.05, 0) is 18.2 Å². The molecule has 14 heavy (non-hydrogen) atoms. The Balaban J connectivity index is 3.15. The lowest BCUT2D eigenvalue weighted by Gasteiger charge is -2.14. The van der Waals surface area contributed by atoms with Crippen LogP contribution in [0.5, 0.6) is 0 Å². The fourth-order valence-electron chi connectivity index (χ4n) is 1.25. The predicted molar refractivity (Wildman–Crippen MR) is 59.8 cm³/mol. The van der Waals surface area contributed by atoms with Crippen LogP contribution in [0.15, 0.2) is 18.2 Å². The lowest BCUT2D eigenvalue weighted by Crippen LogP contribution is -2.11. The summed E-state index contributed by atoms with van der Waals surface area (Å²) >= 11 is 0. The fourth-order valence-corrected chi connectivity index (χ4v) is 1.25. The number of nitrogens with two attached hydrogens (primary N) is 1. The first kappa shape index (κ1) is 10.6. The molecule has 0 saturated carbocycles. The van der Waals surface area contributed by atoms with Crippen molar-refractivity contribution >= 4 is 17.2 Å². The topological polar surface area (TPSA) is 46.3 Å². The van der Waals surface area contributed by atoms with Crippen LogP contribution in [0.2, 0.25) is 0 Å². The van der Waals surface area contributed by atoms with Crippen molar-refractivity contribution in [2.24, 2.45) is 0 Å². The highest BCUT2D eigenvalue weighted by molar-refractivity contribution is 6.01. The summed E-state index contributed by atoms with van der Waals surface area (Å²) in [4.78, 5) is 13.5. The second-order valence-corrected chi connectivity index (χ2v) is 3.44. The summed E-state index contributed by atoms with van der Waals surface area (Å²) in [7, 11) is 3.87. The highest BCUT2D eigenvalue weighted by Gasteiger charge is 2.08. The summed E-state index contributed by atoms with van der Waals surface area (Å²) in [5, 5.41) is 0. The van der Waals surface area contributed by atoms with Gasteiger partial charge in [-0.1, -0.05) is 6.92 Å². The number of carbonyl (C=O) groups excluding carboxylic acids is 1. The molecule has 76 valence electrons. The minimum Gasteiger partial charge on any atom is -0.398 e. The maximum atomic E-state index is 11.5. The molecule has 0 heterocycles. The molecule has 0 aliphatic heterocycles. The molecule has 0 saturated heterocycles. The molecule has 3 nitrogen and oxygen atoms in total. The number of hydrogen-bond acceptors (Lipinski definition) is 3. The Bertz CT molecular complexity index is 345. The van der Waals surface area contributed by atoms with Gasteiger partial charge in [0.1, 0.15) is 0 Å². The monoisotopic (exact) mass is 192 g/mol. The molecule has 0 fully saturated rings. The van der Waals surface area contributed by atoms with Gasteiger partial charge < -0.3 is 10.6 Å². The van der Waals surface area contributed by atoms with Crippen molar-refractivity contribution in [2.75, 3.05) is 24.7 Å². The molecule has 0 amide bonds. The second-order valence-electron chi connectivity index (χ2n) is 3.44. The molecule has 0 unspecified atom stereocenters. The second kappa shape index (κ2) is 4.13. The van der Waals surface area contributed by atoms with Crippen molar-refractivity contribution in [1.29, 1.82) is 0 Å². The molecule has 0 aliphatic carbocycles. The first-order valence-corrected chi connectivity index (χ1v) is 4.66. The van der Waals surface area contributed by atoms with Crippen LogP contribution >= 0.6 is 0 Å². The van der Waals surface area contributed by atoms with Crippen molar-refractivity contribution in [2.45, 2.75) is 13.3 Å². The van der Waals surface area contributed by atoms with Crippen LogP contribution in [-0.4, -0.2) is 19.9 Å². The van der Waals surface area contributed by atoms with Gasteiger partial charge in [0.2, 0.25) is 0 Å². The average Bonchev–Trinajstić information content (AvgIpc) is 2.17. The Labute approximate surface area is 84.5 Å². The summed E-state index contributed by atoms with van der Waals surface area (Å²) < 4.78 is 0. The molecule has 3 heteroatoms. The molecule has 0 spiro atoms. The van der Waals surface area contributed by atoms with E-state index in [9.17, 15) is 4.79 Å². The molecule has 0 atom stereocenters. The molecule has 1 aromatic carbocycles. The summed E-state index contributed by atoms with van der Waals surface area (Å²) in [6, 6.07) is 5.52. The van der Waals surface area contributed by atoms with E-state index in [1.54, 1.807) is 6.07 Å². The van der Waals surface area contributed by atoms with Gasteiger partial charge in [-0.15, -0.1) is 0 Å². The molecule has 0 bridgehead atoms. The number of hydrogen-bond donors (Lipinski definition) is 1. The number of nitrogen functional groups attached to an aromatic ring is 1. The van der Waals surface area contributed by atoms with E-state index < -0.39 is 0 Å². The highest BCUT2D eigenvalue weighted by Crippen LogP contribution is 2.20. The molecule has 0 aliphatic rings. The van der Waals surface area contributed by atoms with Gasteiger partial charge in [0, 0.05) is 37.5 Å². The van der Waals surface area contributed by atoms with E-state index >= 15 is 0 Å². The van der Waals surface area contributed by atoms with Gasteiger partial charge in [-0.3, -0.25) is 4.79 Å². The summed E-state index contributed by atoms with van der Waals surface area (Å²) in [5.74, 6) is 0.0891. The van der Waals surface area contributed by atoms with Gasteiger partial charge in [0.05, 0.1) is 0 Å². The number of ketones is 1. The number of carbonyl (C=O) groups is 1. The number of anilines is 2. The van der Waals surface area contributed by atoms with E-state index in [2.05, 4.69) is 0 Å². The highest BCUT2D eigenvalue weighted by atomic mass is 16.1. The Morgan fingerprint density at radius 2 is 2.07 bits per heavy atom. The molecule has 1 rings (SSSR count). The van der Waals surface area contributed by atoms with E-state index in [1.807, 2.05) is 38.1 Å². The van der Waals surface area contributed by atoms with Crippen molar-refractivity contribution < 1.29 is 4.79 Å². The maximum Gasteiger partial charge on any atom is 0.164 e. The largest absolute Gasteiger partial charge is 0.398 e. The zero-order valence-electron chi connectivity index (χ0n) is 8.87. The third-order valence-electron chi connectivity index (χ3n) is 2.17. The standard InChI is InChI=1S/C11H16N2O/c1-4-11(14)9-7-8(13(2)3)5-6-10(9)12/h5-7H,4,12H2,1-3H3. The SMILES string of the molecule is CCC(=O)c1cc(N(C)C)ccc1N. The third-order valence-corrected chi connectivity index (χ3v) is 2.17. The zero-order valence-corrected chi connectivity index (χ0v) is 8.87. The van der Waals surface area contributed by atoms with Gasteiger partial charge >= 0.3 is 0 Å². The van der Waals surface area contributed by atoms with E-state index in [0.29, 0.717) is 17.7 Å². The van der Waals surface area contributed by atoms with Crippen molar-refractivity contribution in [1.82, 2.24) is 0 Å². The maximum absolute atomic E-state index is 11.5. The van der Waals surface area contributed by atoms with Gasteiger partial charge in [0.25, 0.3) is 0 Å². The van der Waals surface area contributed by atoms with Crippen LogP contribution in [0.4, 0.5) is 11.4 Å². The summed E-state index contributed by atoms with van der Waals surface area (Å²) in [5.41, 5.74) is 7.90. The number of rotatable bonds is 3. The summed E-state index contributed by atoms with van der Waals surface area (Å²) in [6.07, 6.45) is 0.487. The Hall–Kier alpha value is -1.51. The quantitative estimate of drug-likeness (QED) is 0.588. The predicted octanol–water partition coefficient (Wildman–Crippen LogP) is 1.93. The van der Waals surface area contributed by atoms with Crippen molar-refractivity contribution in [3.63, 3.8) is 0 Å². The van der Waals surface area contributed by atoms with E-state index in [0.717, 1.165) is 5.69 Å². The lowest BCUT2D eigenvalue weighted by atomic mass is 10.1. The van der Waals surface area contributed by atoms with Crippen LogP contribution in [0, 0.1) is 0 Å². The van der Waals surface area contributed by atoms with Crippen molar-refractivity contribution in [3.05, 3.63) is 23.8 Å². The van der Waals surface area contributed by atoms with E-state index in [1.165, 1.54) is 0 Å². The zero-order chi connectivity index (χ0) is 10.7. The summed E-state index contributed by atoms with van der Waals surface area (Å²) in [6.45, 7) is 1.84. The van der Waals surface area contributed by atoms with Crippen LogP contribution in [-0.2, 0) is 0 Å². The molecular weight excluding hydrogens is 176 g/mol. The molecule has 0 aromatic heterocycles. The van der Waals surface area contributed by atoms with Crippen LogP contribution < -0.4 is 10.6 Å². The molecular formula is C11H16N2O. The van der Waals surface area contributed by atoms with Gasteiger partial charge in [-0.25, -0.2) is 0 Å². The lowest BCUT2D eigenvalue weighted by molar-refractivity contribution is 0.0989. The first-order valence-electron chi connectivity index (χ1n) is 4.66. The Kier molecular flexibility index (Phi) is 3.12. The number of Topliss-reactive ketones (excluding diaryl/α,β-unsaturated/α-hetero) is 1. The molecule has 2 N–H and O–H groups in total. The van der Waals surface area contributed by atoms with Crippen molar-refractivity contribution in [3.8, 4) is 0 Å². The van der Waals surface area contributed by atoms with Crippen LogP contribution in [0.3, 0.4) is 0 Å². The van der Waals surface area contributed by atoms with Crippen LogP contribution in [0.1, 0.15) is 23.7 Å². The molecule has 1 aromatic rings. The minimum atomic E-state index is 0.0891. The third kappa shape index (κ3) is 2.05. The molecule has 0 radical (unpaired) electrons. The fraction of sp³-hybridized carbons (Fsp3) is 0.364. The van der Waals surface area contributed by atoms with Crippen LogP contribution in [0.25, 0.3) is 0 Å². The number of benzene rings is 1. The Morgan fingerprint density at radius 1 is 1.43 bits per heavy atom. The van der Waals surface area contributed by atoms with E-state index in [-0.39, 0.29) is 5.78 Å². The van der Waals surface area contributed by atoms with Gasteiger partial charge in [-0.2, -0.15) is 0 Å².